The van der Waals surface area contributed by atoms with Gasteiger partial charge >= 0.3 is 10.1 Å². The van der Waals surface area contributed by atoms with Crippen molar-refractivity contribution >= 4 is 30.4 Å². The molecule has 0 aliphatic carbocycles. The Morgan fingerprint density at radius 2 is 1.50 bits per heavy atom. The molecule has 6 heavy (non-hydrogen) atoms. The van der Waals surface area contributed by atoms with Crippen LogP contribution in [0, 0.1) is 0 Å². The first-order chi connectivity index (χ1) is 2.00. The summed E-state index contributed by atoms with van der Waals surface area (Å²) < 4.78 is 24.0. The molecule has 0 saturated heterocycles. The van der Waals surface area contributed by atoms with Crippen molar-refractivity contribution < 1.29 is 13.3 Å². The molecule has 0 amide bonds. The zero-order valence-corrected chi connectivity index (χ0v) is 3.75. The molecule has 36 valence electrons. The first-order valence-electron chi connectivity index (χ1n) is 0.698. The Hall–Kier alpha value is 0.459. The van der Waals surface area contributed by atoms with Crippen LogP contribution in [0.15, 0.2) is 0 Å². The van der Waals surface area contributed by atoms with E-state index >= 15 is 0 Å². The average Bonchev–Trinajstić information content (AvgIpc) is 0.722. The summed E-state index contributed by atoms with van der Waals surface area (Å²) in [5.41, 5.74) is 0. The van der Waals surface area contributed by atoms with Gasteiger partial charge in [-0.2, -0.15) is 4.21 Å². The summed E-state index contributed by atoms with van der Waals surface area (Å²) in [7, 11) is -3.83. The summed E-state index contributed by atoms with van der Waals surface area (Å²) in [5, 5.41) is 0. The topological polar surface area (TPSA) is 57.5 Å². The molecule has 2 N–H and O–H groups in total. The van der Waals surface area contributed by atoms with E-state index in [4.69, 9.17) is 13.3 Å². The summed E-state index contributed by atoms with van der Waals surface area (Å²) in [5.74, 6) is 0. The predicted molar refractivity (Wildman–Crippen MR) is 29.3 cm³/mol. The van der Waals surface area contributed by atoms with E-state index < -0.39 is 9.05 Å². The van der Waals surface area contributed by atoms with Crippen LogP contribution in [-0.4, -0.2) is 23.4 Å². The Bertz CT molecular complexity index is 92.0. The standard InChI is InChI=1S/Be.H2O3S2.2H/c;1-5(2,3)4;;/h;(H2,1,2,3,4);;. The number of hydrogen-bond donors (Lipinski definition) is 2. The van der Waals surface area contributed by atoms with Crippen LogP contribution in [0.25, 0.3) is 0 Å². The number of rotatable bonds is 0. The summed E-state index contributed by atoms with van der Waals surface area (Å²) in [6.45, 7) is 0. The molecule has 0 aromatic carbocycles. The Morgan fingerprint density at radius 3 is 1.50 bits per heavy atom. The van der Waals surface area contributed by atoms with E-state index in [1.165, 1.54) is 0 Å². The second-order valence-electron chi connectivity index (χ2n) is 0.448. The van der Waals surface area contributed by atoms with Crippen LogP contribution >= 0.6 is 0 Å². The molecule has 3 nitrogen and oxygen atoms in total. The molecule has 0 aromatic heterocycles. The van der Waals surface area contributed by atoms with Crippen molar-refractivity contribution in [2.24, 2.45) is 0 Å². The molecular weight excluding hydrogens is 121 g/mol. The van der Waals surface area contributed by atoms with E-state index in [-0.39, 0.29) is 10.1 Å². The summed E-state index contributed by atoms with van der Waals surface area (Å²) >= 11 is 3.47. The van der Waals surface area contributed by atoms with Crippen molar-refractivity contribution in [3.8, 4) is 0 Å². The third-order valence-corrected chi connectivity index (χ3v) is 0. The SMILES string of the molecule is O=S(O)(O)=S.[BeH2]. The van der Waals surface area contributed by atoms with Gasteiger partial charge in [-0.15, -0.1) is 0 Å². The van der Waals surface area contributed by atoms with Gasteiger partial charge in [0, 0.05) is 11.2 Å². The van der Waals surface area contributed by atoms with Gasteiger partial charge in [0.2, 0.25) is 0 Å². The van der Waals surface area contributed by atoms with E-state index in [9.17, 15) is 0 Å². The second kappa shape index (κ2) is 2.60. The molecule has 0 atom stereocenters. The van der Waals surface area contributed by atoms with Crippen LogP contribution in [0.3, 0.4) is 0 Å². The quantitative estimate of drug-likeness (QED) is 0.398. The van der Waals surface area contributed by atoms with Crippen molar-refractivity contribution in [1.82, 2.24) is 0 Å². The molecule has 0 saturated carbocycles. The molecule has 0 rings (SSSR count). The molecule has 0 heterocycles. The van der Waals surface area contributed by atoms with E-state index in [1.54, 1.807) is 0 Å². The van der Waals surface area contributed by atoms with Gasteiger partial charge < -0.3 is 0 Å². The minimum atomic E-state index is -3.83. The van der Waals surface area contributed by atoms with Gasteiger partial charge in [0.25, 0.3) is 9.05 Å². The normalized spacial score (nSPS) is 9.67. The third kappa shape index (κ3) is 253. The molecule has 0 aliphatic heterocycles. The fourth-order valence-electron chi connectivity index (χ4n) is 0. The van der Waals surface area contributed by atoms with E-state index in [1.807, 2.05) is 0 Å². The summed E-state index contributed by atoms with van der Waals surface area (Å²) in [4.78, 5) is 0. The maximum absolute atomic E-state index is 9.11. The molecule has 0 aliphatic rings. The Labute approximate surface area is 44.3 Å². The second-order valence-corrected chi connectivity index (χ2v) is 2.65. The maximum atomic E-state index is 9.11. The molecule has 0 radical (unpaired) electrons. The first-order valence-corrected chi connectivity index (χ1v) is 3.10. The van der Waals surface area contributed by atoms with E-state index in [2.05, 4.69) is 11.2 Å². The van der Waals surface area contributed by atoms with Gasteiger partial charge in [0.15, 0.2) is 0 Å². The van der Waals surface area contributed by atoms with Gasteiger partial charge in [0.1, 0.15) is 0 Å². The van der Waals surface area contributed by atoms with Crippen LogP contribution < -0.4 is 0 Å². The molecule has 0 fully saturated rings. The molecule has 0 unspecified atom stereocenters. The van der Waals surface area contributed by atoms with Crippen molar-refractivity contribution in [2.75, 3.05) is 0 Å². The van der Waals surface area contributed by atoms with Crippen LogP contribution in [0.5, 0.6) is 0 Å². The first kappa shape index (κ1) is 9.68. The van der Waals surface area contributed by atoms with Gasteiger partial charge in [-0.3, -0.25) is 9.11 Å². The Kier molecular flexibility index (Phi) is 4.20. The zero-order chi connectivity index (χ0) is 4.50. The molecule has 0 spiro atoms. The molecule has 6 heteroatoms. The minimum absolute atomic E-state index is 0. The van der Waals surface area contributed by atoms with Crippen LogP contribution in [0.2, 0.25) is 0 Å². The molecule has 0 bridgehead atoms. The average molecular weight is 125 g/mol. The zero-order valence-electron chi connectivity index (χ0n) is 2.12. The van der Waals surface area contributed by atoms with Crippen LogP contribution in [-0.2, 0) is 20.2 Å². The fourth-order valence-corrected chi connectivity index (χ4v) is 0. The van der Waals surface area contributed by atoms with Crippen molar-refractivity contribution in [3.63, 3.8) is 0 Å². The summed E-state index contributed by atoms with van der Waals surface area (Å²) in [6.07, 6.45) is 0. The molecular formula is H4BeO3S2. The molecule has 0 aromatic rings. The third-order valence-electron chi connectivity index (χ3n) is 0. The van der Waals surface area contributed by atoms with E-state index in [0.717, 1.165) is 0 Å². The Balaban J connectivity index is 0. The monoisotopic (exact) mass is 125 g/mol. The van der Waals surface area contributed by atoms with E-state index in [0.29, 0.717) is 0 Å². The predicted octanol–water partition coefficient (Wildman–Crippen LogP) is -1.24. The van der Waals surface area contributed by atoms with Crippen molar-refractivity contribution in [3.05, 3.63) is 0 Å². The van der Waals surface area contributed by atoms with Crippen molar-refractivity contribution in [1.29, 1.82) is 0 Å². The Morgan fingerprint density at radius 1 is 1.50 bits per heavy atom. The number of hydrogen-bond acceptors (Lipinski definition) is 2. The van der Waals surface area contributed by atoms with Gasteiger partial charge in [0.05, 0.1) is 0 Å². The van der Waals surface area contributed by atoms with Gasteiger partial charge in [-0.1, -0.05) is 0 Å². The van der Waals surface area contributed by atoms with Crippen molar-refractivity contribution in [2.45, 2.75) is 0 Å². The van der Waals surface area contributed by atoms with Crippen LogP contribution in [0.1, 0.15) is 0 Å². The fraction of sp³-hybridized carbons (Fsp3) is 0. The van der Waals surface area contributed by atoms with Gasteiger partial charge in [-0.25, -0.2) is 0 Å². The van der Waals surface area contributed by atoms with Crippen LogP contribution in [0.4, 0.5) is 0 Å². The summed E-state index contributed by atoms with van der Waals surface area (Å²) in [6, 6.07) is 0. The van der Waals surface area contributed by atoms with Gasteiger partial charge in [-0.05, 0) is 0 Å².